The minimum absolute atomic E-state index is 0.0151. The Bertz CT molecular complexity index is 939. The van der Waals surface area contributed by atoms with Gasteiger partial charge in [0, 0.05) is 22.4 Å². The molecule has 0 saturated carbocycles. The molecule has 0 aliphatic carbocycles. The molecule has 3 aromatic rings. The SMILES string of the molecule is O=C(Nc1cccc(C(=O)c2ccccc2)c1)c1ccc(F)c(F)c1. The van der Waals surface area contributed by atoms with Crippen molar-refractivity contribution in [2.45, 2.75) is 0 Å². The molecular weight excluding hydrogens is 324 g/mol. The molecule has 5 heteroatoms. The molecule has 0 radical (unpaired) electrons. The van der Waals surface area contributed by atoms with Crippen molar-refractivity contribution in [3.63, 3.8) is 0 Å². The highest BCUT2D eigenvalue weighted by Crippen LogP contribution is 2.17. The number of halogens is 2. The van der Waals surface area contributed by atoms with E-state index in [9.17, 15) is 18.4 Å². The molecule has 0 unspecified atom stereocenters. The van der Waals surface area contributed by atoms with Crippen LogP contribution in [-0.4, -0.2) is 11.7 Å². The Morgan fingerprint density at radius 2 is 1.40 bits per heavy atom. The maximum atomic E-state index is 13.2. The third kappa shape index (κ3) is 3.77. The van der Waals surface area contributed by atoms with E-state index in [4.69, 9.17) is 0 Å². The van der Waals surface area contributed by atoms with Gasteiger partial charge in [0.1, 0.15) is 0 Å². The molecule has 25 heavy (non-hydrogen) atoms. The number of carbonyl (C=O) groups is 2. The minimum atomic E-state index is -1.10. The first kappa shape index (κ1) is 16.5. The first-order chi connectivity index (χ1) is 12.0. The second-order valence-electron chi connectivity index (χ2n) is 5.36. The number of hydrogen-bond donors (Lipinski definition) is 1. The number of nitrogens with one attached hydrogen (secondary N) is 1. The van der Waals surface area contributed by atoms with E-state index in [1.165, 1.54) is 12.1 Å². The smallest absolute Gasteiger partial charge is 0.255 e. The van der Waals surface area contributed by atoms with Crippen LogP contribution in [-0.2, 0) is 0 Å². The van der Waals surface area contributed by atoms with Crippen LogP contribution < -0.4 is 5.32 Å². The van der Waals surface area contributed by atoms with Crippen LogP contribution in [0.3, 0.4) is 0 Å². The fraction of sp³-hybridized carbons (Fsp3) is 0. The molecule has 0 atom stereocenters. The summed E-state index contributed by atoms with van der Waals surface area (Å²) in [5.74, 6) is -2.89. The summed E-state index contributed by atoms with van der Waals surface area (Å²) in [6, 6.07) is 18.1. The molecule has 0 spiro atoms. The van der Waals surface area contributed by atoms with Crippen molar-refractivity contribution in [3.05, 3.63) is 101 Å². The van der Waals surface area contributed by atoms with Crippen LogP contribution in [0.4, 0.5) is 14.5 Å². The normalized spacial score (nSPS) is 10.3. The van der Waals surface area contributed by atoms with Crippen LogP contribution in [0.15, 0.2) is 72.8 Å². The van der Waals surface area contributed by atoms with Crippen LogP contribution >= 0.6 is 0 Å². The monoisotopic (exact) mass is 337 g/mol. The molecule has 0 saturated heterocycles. The molecule has 0 aliphatic rings. The molecule has 1 amide bonds. The van der Waals surface area contributed by atoms with E-state index >= 15 is 0 Å². The van der Waals surface area contributed by atoms with Gasteiger partial charge in [0.25, 0.3) is 5.91 Å². The Morgan fingerprint density at radius 3 is 2.12 bits per heavy atom. The predicted octanol–water partition coefficient (Wildman–Crippen LogP) is 4.45. The average molecular weight is 337 g/mol. The molecule has 3 nitrogen and oxygen atoms in total. The summed E-state index contributed by atoms with van der Waals surface area (Å²) in [6.07, 6.45) is 0. The Labute approximate surface area is 142 Å². The van der Waals surface area contributed by atoms with Crippen molar-refractivity contribution in [1.82, 2.24) is 0 Å². The van der Waals surface area contributed by atoms with Gasteiger partial charge >= 0.3 is 0 Å². The quantitative estimate of drug-likeness (QED) is 0.715. The van der Waals surface area contributed by atoms with Crippen molar-refractivity contribution in [3.8, 4) is 0 Å². The van der Waals surface area contributed by atoms with E-state index in [1.807, 2.05) is 6.07 Å². The number of rotatable bonds is 4. The lowest BCUT2D eigenvalue weighted by molar-refractivity contribution is 0.102. The van der Waals surface area contributed by atoms with E-state index < -0.39 is 17.5 Å². The van der Waals surface area contributed by atoms with E-state index in [1.54, 1.807) is 42.5 Å². The van der Waals surface area contributed by atoms with Gasteiger partial charge in [-0.25, -0.2) is 8.78 Å². The van der Waals surface area contributed by atoms with Crippen molar-refractivity contribution in [1.29, 1.82) is 0 Å². The average Bonchev–Trinajstić information content (AvgIpc) is 2.64. The maximum Gasteiger partial charge on any atom is 0.255 e. The van der Waals surface area contributed by atoms with Crippen molar-refractivity contribution in [2.75, 3.05) is 5.32 Å². The van der Waals surface area contributed by atoms with Crippen LogP contribution in [0.2, 0.25) is 0 Å². The van der Waals surface area contributed by atoms with Crippen LogP contribution in [0, 0.1) is 11.6 Å². The first-order valence-corrected chi connectivity index (χ1v) is 7.51. The second-order valence-corrected chi connectivity index (χ2v) is 5.36. The number of anilines is 1. The zero-order chi connectivity index (χ0) is 17.8. The summed E-state index contributed by atoms with van der Waals surface area (Å²) < 4.78 is 26.2. The van der Waals surface area contributed by atoms with Crippen LogP contribution in [0.25, 0.3) is 0 Å². The Kier molecular flexibility index (Phi) is 4.66. The third-order valence-electron chi connectivity index (χ3n) is 3.60. The van der Waals surface area contributed by atoms with Gasteiger partial charge in [-0.05, 0) is 30.3 Å². The van der Waals surface area contributed by atoms with Gasteiger partial charge < -0.3 is 5.32 Å². The number of ketones is 1. The topological polar surface area (TPSA) is 46.2 Å². The first-order valence-electron chi connectivity index (χ1n) is 7.51. The summed E-state index contributed by atoms with van der Waals surface area (Å²) in [5.41, 5.74) is 1.32. The van der Waals surface area contributed by atoms with E-state index in [0.717, 1.165) is 12.1 Å². The van der Waals surface area contributed by atoms with Gasteiger partial charge in [-0.2, -0.15) is 0 Å². The Hall–Kier alpha value is -3.34. The second kappa shape index (κ2) is 7.05. The number of hydrogen-bond acceptors (Lipinski definition) is 2. The van der Waals surface area contributed by atoms with Gasteiger partial charge in [-0.1, -0.05) is 42.5 Å². The summed E-state index contributed by atoms with van der Waals surface area (Å²) in [5, 5.41) is 2.57. The van der Waals surface area contributed by atoms with E-state index in [0.29, 0.717) is 16.8 Å². The highest BCUT2D eigenvalue weighted by Gasteiger charge is 2.12. The molecule has 0 aromatic heterocycles. The number of benzene rings is 3. The summed E-state index contributed by atoms with van der Waals surface area (Å²) in [7, 11) is 0. The lowest BCUT2D eigenvalue weighted by atomic mass is 10.0. The molecular formula is C20H13F2NO2. The van der Waals surface area contributed by atoms with Gasteiger partial charge in [-0.15, -0.1) is 0 Å². The Balaban J connectivity index is 1.81. The summed E-state index contributed by atoms with van der Waals surface area (Å²) in [4.78, 5) is 24.6. The molecule has 0 heterocycles. The molecule has 0 fully saturated rings. The highest BCUT2D eigenvalue weighted by atomic mass is 19.2. The van der Waals surface area contributed by atoms with Crippen LogP contribution in [0.1, 0.15) is 26.3 Å². The summed E-state index contributed by atoms with van der Waals surface area (Å²) >= 11 is 0. The summed E-state index contributed by atoms with van der Waals surface area (Å²) in [6.45, 7) is 0. The highest BCUT2D eigenvalue weighted by molar-refractivity contribution is 6.10. The maximum absolute atomic E-state index is 13.2. The minimum Gasteiger partial charge on any atom is -0.322 e. The van der Waals surface area contributed by atoms with Gasteiger partial charge in [-0.3, -0.25) is 9.59 Å². The zero-order valence-corrected chi connectivity index (χ0v) is 13.0. The third-order valence-corrected chi connectivity index (χ3v) is 3.60. The van der Waals surface area contributed by atoms with Crippen molar-refractivity contribution < 1.29 is 18.4 Å². The van der Waals surface area contributed by atoms with Crippen LogP contribution in [0.5, 0.6) is 0 Å². The van der Waals surface area contributed by atoms with Crippen molar-refractivity contribution >= 4 is 17.4 Å². The fourth-order valence-electron chi connectivity index (χ4n) is 2.34. The molecule has 3 aromatic carbocycles. The largest absolute Gasteiger partial charge is 0.322 e. The van der Waals surface area contributed by atoms with Gasteiger partial charge in [0.2, 0.25) is 0 Å². The molecule has 0 aliphatic heterocycles. The molecule has 0 bridgehead atoms. The standard InChI is InChI=1S/C20H13F2NO2/c21-17-10-9-15(12-18(17)22)20(25)23-16-8-4-7-14(11-16)19(24)13-5-2-1-3-6-13/h1-12H,(H,23,25). The van der Waals surface area contributed by atoms with E-state index in [-0.39, 0.29) is 11.3 Å². The number of amides is 1. The zero-order valence-electron chi connectivity index (χ0n) is 13.0. The molecule has 124 valence electrons. The fourth-order valence-corrected chi connectivity index (χ4v) is 2.34. The lowest BCUT2D eigenvalue weighted by Crippen LogP contribution is -2.13. The van der Waals surface area contributed by atoms with Gasteiger partial charge in [0.15, 0.2) is 17.4 Å². The molecule has 3 rings (SSSR count). The Morgan fingerprint density at radius 1 is 0.680 bits per heavy atom. The van der Waals surface area contributed by atoms with Gasteiger partial charge in [0.05, 0.1) is 0 Å². The molecule has 1 N–H and O–H groups in total. The predicted molar refractivity (Wildman–Crippen MR) is 90.6 cm³/mol. The van der Waals surface area contributed by atoms with E-state index in [2.05, 4.69) is 5.32 Å². The number of carbonyl (C=O) groups excluding carboxylic acids is 2. The lowest BCUT2D eigenvalue weighted by Gasteiger charge is -2.08. The van der Waals surface area contributed by atoms with Crippen molar-refractivity contribution in [2.24, 2.45) is 0 Å².